The van der Waals surface area contributed by atoms with E-state index in [0.29, 0.717) is 5.92 Å². The zero-order chi connectivity index (χ0) is 28.7. The van der Waals surface area contributed by atoms with E-state index in [0.717, 1.165) is 6.42 Å². The van der Waals surface area contributed by atoms with Gasteiger partial charge in [-0.3, -0.25) is 0 Å². The molecule has 1 atom stereocenters. The van der Waals surface area contributed by atoms with Gasteiger partial charge in [0, 0.05) is 17.3 Å². The summed E-state index contributed by atoms with van der Waals surface area (Å²) < 4.78 is 2.51. The fourth-order valence-corrected chi connectivity index (χ4v) is 7.62. The average Bonchev–Trinajstić information content (AvgIpc) is 3.32. The van der Waals surface area contributed by atoms with Gasteiger partial charge in [-0.05, 0) is 122 Å². The molecule has 1 heteroatoms. The maximum Gasteiger partial charge on any atom is 0.0569 e. The second-order valence-corrected chi connectivity index (χ2v) is 12.2. The van der Waals surface area contributed by atoms with Crippen LogP contribution in [0.3, 0.4) is 0 Å². The Morgan fingerprint density at radius 3 is 2.12 bits per heavy atom. The Morgan fingerprint density at radius 2 is 1.30 bits per heavy atom. The molecule has 2 aliphatic carbocycles. The molecule has 0 spiro atoms. The molecule has 43 heavy (non-hydrogen) atoms. The molecule has 1 nitrogen and oxygen atoms in total. The largest absolute Gasteiger partial charge is 0.313 e. The SMILES string of the molecule is Cc1c(C)n(-c2ccc3cc4ccccc4cc3c2)c2c1=CCC1C=2C=Cc2c(-c3ccc4ccccc4c3)cccc21. The van der Waals surface area contributed by atoms with Crippen LogP contribution in [0.1, 0.15) is 34.7 Å². The molecule has 0 fully saturated rings. The predicted octanol–water partition coefficient (Wildman–Crippen LogP) is 9.37. The first-order valence-corrected chi connectivity index (χ1v) is 15.3. The third-order valence-corrected chi connectivity index (χ3v) is 9.92. The quantitative estimate of drug-likeness (QED) is 0.189. The molecule has 1 aromatic heterocycles. The van der Waals surface area contributed by atoms with Gasteiger partial charge in [0.15, 0.2) is 0 Å². The topological polar surface area (TPSA) is 4.93 Å². The molecule has 0 N–H and O–H groups in total. The Morgan fingerprint density at radius 1 is 0.605 bits per heavy atom. The van der Waals surface area contributed by atoms with E-state index in [1.165, 1.54) is 87.7 Å². The van der Waals surface area contributed by atoms with Crippen molar-refractivity contribution in [1.29, 1.82) is 0 Å². The number of fused-ring (bicyclic) bond motifs is 7. The summed E-state index contributed by atoms with van der Waals surface area (Å²) in [7, 11) is 0. The van der Waals surface area contributed by atoms with Crippen LogP contribution in [0.15, 0.2) is 121 Å². The van der Waals surface area contributed by atoms with Crippen molar-refractivity contribution in [3.05, 3.63) is 154 Å². The normalized spacial score (nSPS) is 15.4. The number of benzene rings is 6. The van der Waals surface area contributed by atoms with Gasteiger partial charge in [-0.2, -0.15) is 0 Å². The van der Waals surface area contributed by atoms with E-state index in [-0.39, 0.29) is 0 Å². The van der Waals surface area contributed by atoms with E-state index in [9.17, 15) is 0 Å². The Hall–Kier alpha value is -5.14. The predicted molar refractivity (Wildman–Crippen MR) is 183 cm³/mol. The Balaban J connectivity index is 1.24. The molecule has 0 bridgehead atoms. The average molecular weight is 550 g/mol. The van der Waals surface area contributed by atoms with Gasteiger partial charge < -0.3 is 4.57 Å². The summed E-state index contributed by atoms with van der Waals surface area (Å²) in [5, 5.41) is 10.4. The van der Waals surface area contributed by atoms with Crippen molar-refractivity contribution >= 4 is 50.0 Å². The van der Waals surface area contributed by atoms with Gasteiger partial charge in [-0.1, -0.05) is 103 Å². The number of nitrogens with zero attached hydrogens (tertiary/aromatic N) is 1. The summed E-state index contributed by atoms with van der Waals surface area (Å²) in [6.07, 6.45) is 8.29. The maximum absolute atomic E-state index is 2.51. The van der Waals surface area contributed by atoms with Gasteiger partial charge in [-0.25, -0.2) is 0 Å². The van der Waals surface area contributed by atoms with Crippen LogP contribution in [0.5, 0.6) is 0 Å². The molecule has 1 heterocycles. The van der Waals surface area contributed by atoms with Gasteiger partial charge in [0.25, 0.3) is 0 Å². The van der Waals surface area contributed by atoms with Gasteiger partial charge in [-0.15, -0.1) is 0 Å². The number of allylic oxidation sites excluding steroid dienone is 1. The van der Waals surface area contributed by atoms with E-state index in [4.69, 9.17) is 0 Å². The van der Waals surface area contributed by atoms with Crippen molar-refractivity contribution < 1.29 is 0 Å². The second kappa shape index (κ2) is 9.18. The fourth-order valence-electron chi connectivity index (χ4n) is 7.62. The number of aromatic nitrogens is 1. The first-order valence-electron chi connectivity index (χ1n) is 15.3. The number of hydrogen-bond acceptors (Lipinski definition) is 0. The summed E-state index contributed by atoms with van der Waals surface area (Å²) in [4.78, 5) is 0. The van der Waals surface area contributed by atoms with E-state index in [1.807, 2.05) is 0 Å². The zero-order valence-electron chi connectivity index (χ0n) is 24.4. The smallest absolute Gasteiger partial charge is 0.0569 e. The highest BCUT2D eigenvalue weighted by Gasteiger charge is 2.28. The zero-order valence-corrected chi connectivity index (χ0v) is 24.4. The molecular formula is C42H31N. The first kappa shape index (κ1) is 24.5. The van der Waals surface area contributed by atoms with Gasteiger partial charge in [0.2, 0.25) is 0 Å². The van der Waals surface area contributed by atoms with Crippen molar-refractivity contribution in [1.82, 2.24) is 4.57 Å². The van der Waals surface area contributed by atoms with Crippen LogP contribution in [0.4, 0.5) is 0 Å². The number of rotatable bonds is 2. The van der Waals surface area contributed by atoms with Crippen LogP contribution in [0.25, 0.3) is 66.9 Å². The Labute approximate surface area is 251 Å². The van der Waals surface area contributed by atoms with E-state index in [1.54, 1.807) is 0 Å². The van der Waals surface area contributed by atoms with Gasteiger partial charge in [0.05, 0.1) is 5.35 Å². The monoisotopic (exact) mass is 549 g/mol. The van der Waals surface area contributed by atoms with Crippen LogP contribution < -0.4 is 10.6 Å². The maximum atomic E-state index is 2.51. The van der Waals surface area contributed by atoms with Gasteiger partial charge in [0.1, 0.15) is 0 Å². The first-order chi connectivity index (χ1) is 21.1. The molecule has 0 saturated carbocycles. The van der Waals surface area contributed by atoms with Crippen LogP contribution >= 0.6 is 0 Å². The minimum absolute atomic E-state index is 0.338. The van der Waals surface area contributed by atoms with E-state index < -0.39 is 0 Å². The highest BCUT2D eigenvalue weighted by atomic mass is 15.0. The highest BCUT2D eigenvalue weighted by molar-refractivity contribution is 5.99. The lowest BCUT2D eigenvalue weighted by Crippen LogP contribution is -2.36. The van der Waals surface area contributed by atoms with Crippen LogP contribution in [0.2, 0.25) is 0 Å². The lowest BCUT2D eigenvalue weighted by molar-refractivity contribution is 0.864. The molecule has 9 rings (SSSR count). The van der Waals surface area contributed by atoms with Gasteiger partial charge >= 0.3 is 0 Å². The molecule has 7 aromatic rings. The van der Waals surface area contributed by atoms with E-state index in [2.05, 4.69) is 152 Å². The lowest BCUT2D eigenvalue weighted by atomic mass is 9.77. The molecule has 1 unspecified atom stereocenters. The summed E-state index contributed by atoms with van der Waals surface area (Å²) in [6.45, 7) is 4.56. The van der Waals surface area contributed by atoms with Crippen molar-refractivity contribution in [2.24, 2.45) is 0 Å². The molecule has 0 aliphatic heterocycles. The second-order valence-electron chi connectivity index (χ2n) is 12.2. The van der Waals surface area contributed by atoms with Crippen molar-refractivity contribution in [2.45, 2.75) is 26.2 Å². The van der Waals surface area contributed by atoms with Crippen molar-refractivity contribution in [3.8, 4) is 16.8 Å². The Kier molecular flexibility index (Phi) is 5.22. The minimum atomic E-state index is 0.338. The molecule has 0 saturated heterocycles. The van der Waals surface area contributed by atoms with Crippen LogP contribution in [0, 0.1) is 13.8 Å². The molecule has 6 aromatic carbocycles. The van der Waals surface area contributed by atoms with Crippen LogP contribution in [-0.2, 0) is 0 Å². The summed E-state index contributed by atoms with van der Waals surface area (Å²) >= 11 is 0. The molecule has 0 amide bonds. The summed E-state index contributed by atoms with van der Waals surface area (Å²) in [5.74, 6) is 0.338. The lowest BCUT2D eigenvalue weighted by Gasteiger charge is -2.28. The third-order valence-electron chi connectivity index (χ3n) is 9.92. The number of hydrogen-bond donors (Lipinski definition) is 0. The summed E-state index contributed by atoms with van der Waals surface area (Å²) in [6, 6.07) is 42.6. The molecule has 2 aliphatic rings. The molecule has 0 radical (unpaired) electrons. The summed E-state index contributed by atoms with van der Waals surface area (Å²) in [5.41, 5.74) is 10.7. The van der Waals surface area contributed by atoms with Crippen molar-refractivity contribution in [2.75, 3.05) is 0 Å². The standard InChI is InChI=1S/C42H31N/c1-26-27(2)43(35-17-16-32-22-30-10-5-6-11-31(30)24-34(32)25-35)42-36(26)18-19-40-38-13-7-12-37(39(38)20-21-41(40)42)33-15-14-28-8-3-4-9-29(28)23-33/h3-18,20-25,40H,19H2,1-2H3. The third kappa shape index (κ3) is 3.64. The fraction of sp³-hybridized carbons (Fsp3) is 0.0952. The highest BCUT2D eigenvalue weighted by Crippen LogP contribution is 2.42. The molecular weight excluding hydrogens is 518 g/mol. The van der Waals surface area contributed by atoms with Crippen LogP contribution in [-0.4, -0.2) is 4.57 Å². The van der Waals surface area contributed by atoms with Crippen molar-refractivity contribution in [3.63, 3.8) is 0 Å². The molecule has 204 valence electrons. The minimum Gasteiger partial charge on any atom is -0.313 e. The Bertz CT molecular complexity index is 2450. The van der Waals surface area contributed by atoms with E-state index >= 15 is 0 Å².